The molecule has 2 heteroatoms. The molecule has 0 aromatic rings. The number of likely N-dealkylation sites (tertiary alicyclic amines) is 1. The Morgan fingerprint density at radius 1 is 1.56 bits per heavy atom. The number of nitrogens with zero attached hydrogens (tertiary/aromatic N) is 1. The number of hydrogen-bond donors (Lipinski definition) is 0. The Balaban J connectivity index is 1.91. The Kier molecular flexibility index (Phi) is 2.46. The van der Waals surface area contributed by atoms with Crippen molar-refractivity contribution in [3.8, 4) is 0 Å². The quantitative estimate of drug-likeness (QED) is 0.560. The van der Waals surface area contributed by atoms with E-state index < -0.39 is 6.17 Å². The molecule has 1 rings (SSSR count). The molecular weight excluding hydrogens is 117 g/mol. The molecule has 1 fully saturated rings. The molecule has 54 valence electrons. The van der Waals surface area contributed by atoms with Crippen molar-refractivity contribution in [2.45, 2.75) is 25.9 Å². The molecule has 0 amide bonds. The Labute approximate surface area is 55.8 Å². The molecule has 1 nitrogen and oxygen atoms in total. The highest BCUT2D eigenvalue weighted by Crippen LogP contribution is 2.11. The number of halogens is 1. The zero-order valence-corrected chi connectivity index (χ0v) is 5.94. The van der Waals surface area contributed by atoms with Crippen molar-refractivity contribution in [3.63, 3.8) is 0 Å². The van der Waals surface area contributed by atoms with Crippen molar-refractivity contribution in [1.82, 2.24) is 4.90 Å². The minimum Gasteiger partial charge on any atom is -0.297 e. The van der Waals surface area contributed by atoms with Crippen LogP contribution in [0.5, 0.6) is 0 Å². The fourth-order valence-electron chi connectivity index (χ4n) is 1.07. The van der Waals surface area contributed by atoms with Crippen molar-refractivity contribution in [3.05, 3.63) is 0 Å². The lowest BCUT2D eigenvalue weighted by Crippen LogP contribution is -2.48. The normalized spacial score (nSPS) is 22.0. The molecule has 1 aliphatic rings. The summed E-state index contributed by atoms with van der Waals surface area (Å²) in [7, 11) is 0. The van der Waals surface area contributed by atoms with Crippen molar-refractivity contribution < 1.29 is 4.39 Å². The van der Waals surface area contributed by atoms with Crippen LogP contribution < -0.4 is 0 Å². The molecule has 0 bridgehead atoms. The number of rotatable bonds is 3. The number of hydrogen-bond acceptors (Lipinski definition) is 1. The van der Waals surface area contributed by atoms with E-state index in [1.165, 1.54) is 12.8 Å². The predicted molar refractivity (Wildman–Crippen MR) is 36.2 cm³/mol. The Morgan fingerprint density at radius 2 is 2.22 bits per heavy atom. The number of unbranched alkanes of at least 4 members (excludes halogenated alkanes) is 1. The standard InChI is InChI=1S/C7H14FN/c1-2-3-4-9-5-7(8)6-9/h7H,2-6H2,1H3. The third-order valence-corrected chi connectivity index (χ3v) is 1.74. The van der Waals surface area contributed by atoms with Crippen LogP contribution in [0.2, 0.25) is 0 Å². The van der Waals surface area contributed by atoms with Gasteiger partial charge >= 0.3 is 0 Å². The molecule has 1 heterocycles. The van der Waals surface area contributed by atoms with Crippen LogP contribution in [0.3, 0.4) is 0 Å². The van der Waals surface area contributed by atoms with Crippen molar-refractivity contribution in [1.29, 1.82) is 0 Å². The highest BCUT2D eigenvalue weighted by Gasteiger charge is 2.24. The van der Waals surface area contributed by atoms with Crippen molar-refractivity contribution in [2.24, 2.45) is 0 Å². The molecule has 0 N–H and O–H groups in total. The molecule has 0 spiro atoms. The molecular formula is C7H14FN. The van der Waals surface area contributed by atoms with E-state index >= 15 is 0 Å². The second kappa shape index (κ2) is 3.16. The van der Waals surface area contributed by atoms with E-state index in [2.05, 4.69) is 11.8 Å². The second-order valence-corrected chi connectivity index (χ2v) is 2.71. The summed E-state index contributed by atoms with van der Waals surface area (Å²) in [5.74, 6) is 0. The van der Waals surface area contributed by atoms with E-state index in [1.54, 1.807) is 0 Å². The van der Waals surface area contributed by atoms with Gasteiger partial charge in [-0.3, -0.25) is 4.90 Å². The largest absolute Gasteiger partial charge is 0.297 e. The first-order chi connectivity index (χ1) is 4.33. The van der Waals surface area contributed by atoms with E-state index in [0.717, 1.165) is 6.54 Å². The summed E-state index contributed by atoms with van der Waals surface area (Å²) in [4.78, 5) is 2.16. The van der Waals surface area contributed by atoms with E-state index in [9.17, 15) is 4.39 Å². The Bertz CT molecular complexity index is 79.0. The van der Waals surface area contributed by atoms with Crippen LogP contribution in [0, 0.1) is 0 Å². The van der Waals surface area contributed by atoms with E-state index in [-0.39, 0.29) is 0 Å². The van der Waals surface area contributed by atoms with Gasteiger partial charge in [-0.15, -0.1) is 0 Å². The van der Waals surface area contributed by atoms with Crippen LogP contribution in [0.1, 0.15) is 19.8 Å². The van der Waals surface area contributed by atoms with Crippen molar-refractivity contribution >= 4 is 0 Å². The molecule has 1 saturated heterocycles. The van der Waals surface area contributed by atoms with Crippen LogP contribution in [-0.4, -0.2) is 30.7 Å². The van der Waals surface area contributed by atoms with Gasteiger partial charge in [0.2, 0.25) is 0 Å². The summed E-state index contributed by atoms with van der Waals surface area (Å²) in [5.41, 5.74) is 0. The van der Waals surface area contributed by atoms with Gasteiger partial charge in [0, 0.05) is 13.1 Å². The van der Waals surface area contributed by atoms with Gasteiger partial charge in [0.05, 0.1) is 0 Å². The summed E-state index contributed by atoms with van der Waals surface area (Å²) >= 11 is 0. The maximum atomic E-state index is 12.2. The minimum atomic E-state index is -0.526. The lowest BCUT2D eigenvalue weighted by atomic mass is 10.2. The Morgan fingerprint density at radius 3 is 2.67 bits per heavy atom. The Hall–Kier alpha value is -0.110. The average molecular weight is 131 g/mol. The van der Waals surface area contributed by atoms with Gasteiger partial charge in [0.1, 0.15) is 6.17 Å². The zero-order chi connectivity index (χ0) is 6.69. The molecule has 0 aromatic heterocycles. The highest BCUT2D eigenvalue weighted by molar-refractivity contribution is 4.78. The van der Waals surface area contributed by atoms with Crippen molar-refractivity contribution in [2.75, 3.05) is 19.6 Å². The van der Waals surface area contributed by atoms with E-state index in [0.29, 0.717) is 13.1 Å². The maximum absolute atomic E-state index is 12.2. The minimum absolute atomic E-state index is 0.526. The van der Waals surface area contributed by atoms with Crippen LogP contribution in [0.4, 0.5) is 4.39 Å². The van der Waals surface area contributed by atoms with E-state index in [1.807, 2.05) is 0 Å². The first-order valence-electron chi connectivity index (χ1n) is 3.69. The molecule has 0 aromatic carbocycles. The zero-order valence-electron chi connectivity index (χ0n) is 5.94. The first kappa shape index (κ1) is 7.00. The maximum Gasteiger partial charge on any atom is 0.125 e. The summed E-state index contributed by atoms with van der Waals surface area (Å²) in [6, 6.07) is 0. The molecule has 0 unspecified atom stereocenters. The number of alkyl halides is 1. The van der Waals surface area contributed by atoms with Gasteiger partial charge in [-0.2, -0.15) is 0 Å². The summed E-state index contributed by atoms with van der Waals surface area (Å²) in [5, 5.41) is 0. The average Bonchev–Trinajstić information content (AvgIpc) is 1.78. The van der Waals surface area contributed by atoms with Gasteiger partial charge in [0.15, 0.2) is 0 Å². The first-order valence-corrected chi connectivity index (χ1v) is 3.69. The molecule has 9 heavy (non-hydrogen) atoms. The predicted octanol–water partition coefficient (Wildman–Crippen LogP) is 1.44. The van der Waals surface area contributed by atoms with Gasteiger partial charge in [-0.25, -0.2) is 4.39 Å². The molecule has 1 aliphatic heterocycles. The van der Waals surface area contributed by atoms with Gasteiger partial charge in [-0.05, 0) is 13.0 Å². The smallest absolute Gasteiger partial charge is 0.125 e. The lowest BCUT2D eigenvalue weighted by molar-refractivity contribution is 0.0648. The fraction of sp³-hybridized carbons (Fsp3) is 1.00. The van der Waals surface area contributed by atoms with Crippen LogP contribution in [0.15, 0.2) is 0 Å². The molecule has 0 aliphatic carbocycles. The molecule has 0 saturated carbocycles. The second-order valence-electron chi connectivity index (χ2n) is 2.71. The van der Waals surface area contributed by atoms with Gasteiger partial charge < -0.3 is 0 Å². The fourth-order valence-corrected chi connectivity index (χ4v) is 1.07. The summed E-state index contributed by atoms with van der Waals surface area (Å²) < 4.78 is 12.2. The van der Waals surface area contributed by atoms with Gasteiger partial charge in [0.25, 0.3) is 0 Å². The van der Waals surface area contributed by atoms with E-state index in [4.69, 9.17) is 0 Å². The summed E-state index contributed by atoms with van der Waals surface area (Å²) in [6.45, 7) is 4.61. The van der Waals surface area contributed by atoms with Crippen LogP contribution in [0.25, 0.3) is 0 Å². The molecule has 0 atom stereocenters. The topological polar surface area (TPSA) is 3.24 Å². The van der Waals surface area contributed by atoms with Crippen LogP contribution >= 0.6 is 0 Å². The third-order valence-electron chi connectivity index (χ3n) is 1.74. The van der Waals surface area contributed by atoms with Crippen LogP contribution in [-0.2, 0) is 0 Å². The monoisotopic (exact) mass is 131 g/mol. The summed E-state index contributed by atoms with van der Waals surface area (Å²) in [6.07, 6.45) is 1.90. The lowest BCUT2D eigenvalue weighted by Gasteiger charge is -2.33. The van der Waals surface area contributed by atoms with Gasteiger partial charge in [-0.1, -0.05) is 13.3 Å². The third kappa shape index (κ3) is 1.94. The highest BCUT2D eigenvalue weighted by atomic mass is 19.1. The molecule has 0 radical (unpaired) electrons. The SMILES string of the molecule is CCCCN1CC(F)C1.